The van der Waals surface area contributed by atoms with Gasteiger partial charge in [0, 0.05) is 13.0 Å². The number of likely N-dealkylation sites (tertiary alicyclic amines) is 1. The number of hydrogen-bond acceptors (Lipinski definition) is 4. The molecule has 0 spiro atoms. The molecule has 0 aromatic heterocycles. The van der Waals surface area contributed by atoms with Crippen LogP contribution in [0.1, 0.15) is 18.9 Å². The molecule has 3 atom stereocenters. The highest BCUT2D eigenvalue weighted by molar-refractivity contribution is 5.86. The molecule has 1 aliphatic rings. The summed E-state index contributed by atoms with van der Waals surface area (Å²) in [6.07, 6.45) is -1.49. The molecule has 0 aliphatic carbocycles. The second-order valence-corrected chi connectivity index (χ2v) is 5.17. The average Bonchev–Trinajstić information content (AvgIpc) is 2.87. The normalized spacial score (nSPS) is 23.0. The summed E-state index contributed by atoms with van der Waals surface area (Å²) in [6, 6.07) is 8.44. The van der Waals surface area contributed by atoms with Crippen LogP contribution in [0.3, 0.4) is 0 Å². The van der Waals surface area contributed by atoms with E-state index in [1.807, 2.05) is 30.3 Å². The van der Waals surface area contributed by atoms with Gasteiger partial charge in [-0.15, -0.1) is 0 Å². The fourth-order valence-corrected chi connectivity index (χ4v) is 2.39. The lowest BCUT2D eigenvalue weighted by atomic mass is 10.2. The number of carboxylic acids is 1. The fourth-order valence-electron chi connectivity index (χ4n) is 2.39. The Kier molecular flexibility index (Phi) is 4.93. The lowest BCUT2D eigenvalue weighted by Gasteiger charge is -2.24. The Morgan fingerprint density at radius 1 is 1.38 bits per heavy atom. The summed E-state index contributed by atoms with van der Waals surface area (Å²) in [7, 11) is 0. The number of carbonyl (C=O) groups excluding carboxylic acids is 1. The number of ether oxygens (including phenoxy) is 1. The van der Waals surface area contributed by atoms with Crippen molar-refractivity contribution in [3.05, 3.63) is 35.9 Å². The summed E-state index contributed by atoms with van der Waals surface area (Å²) in [5.74, 6) is -1.51. The van der Waals surface area contributed by atoms with Gasteiger partial charge >= 0.3 is 5.97 Å². The summed E-state index contributed by atoms with van der Waals surface area (Å²) in [5.41, 5.74) is 0.938. The van der Waals surface area contributed by atoms with Crippen molar-refractivity contribution in [1.82, 2.24) is 4.90 Å². The zero-order valence-corrected chi connectivity index (χ0v) is 11.8. The van der Waals surface area contributed by atoms with Gasteiger partial charge in [-0.3, -0.25) is 4.79 Å². The second kappa shape index (κ2) is 6.69. The van der Waals surface area contributed by atoms with Crippen molar-refractivity contribution in [2.24, 2.45) is 0 Å². The molecule has 114 valence electrons. The van der Waals surface area contributed by atoms with Crippen molar-refractivity contribution in [3.63, 3.8) is 0 Å². The van der Waals surface area contributed by atoms with E-state index in [0.717, 1.165) is 5.56 Å². The number of amides is 1. The van der Waals surface area contributed by atoms with Gasteiger partial charge in [-0.1, -0.05) is 30.3 Å². The summed E-state index contributed by atoms with van der Waals surface area (Å²) in [6.45, 7) is 1.91. The maximum atomic E-state index is 12.3. The highest BCUT2D eigenvalue weighted by Crippen LogP contribution is 2.20. The van der Waals surface area contributed by atoms with Crippen LogP contribution in [0.5, 0.6) is 0 Å². The number of nitrogens with zero attached hydrogens (tertiary/aromatic N) is 1. The molecule has 1 unspecified atom stereocenters. The fraction of sp³-hybridized carbons (Fsp3) is 0.467. The quantitative estimate of drug-likeness (QED) is 0.832. The molecule has 1 fully saturated rings. The van der Waals surface area contributed by atoms with Crippen LogP contribution in [0.4, 0.5) is 0 Å². The Bertz CT molecular complexity index is 504. The largest absolute Gasteiger partial charge is 0.480 e. The molecule has 2 rings (SSSR count). The number of carboxylic acid groups (broad SMARTS) is 1. The smallest absolute Gasteiger partial charge is 0.326 e. The minimum absolute atomic E-state index is 0.0365. The van der Waals surface area contributed by atoms with Gasteiger partial charge in [-0.25, -0.2) is 4.79 Å². The number of aliphatic carboxylic acids is 1. The Morgan fingerprint density at radius 3 is 2.67 bits per heavy atom. The van der Waals surface area contributed by atoms with E-state index < -0.39 is 30.1 Å². The number of aliphatic hydroxyl groups excluding tert-OH is 1. The van der Waals surface area contributed by atoms with Gasteiger partial charge < -0.3 is 19.8 Å². The maximum absolute atomic E-state index is 12.3. The molecule has 6 heteroatoms. The molecule has 1 aromatic rings. The molecule has 6 nitrogen and oxygen atoms in total. The number of β-amino-alcohol motifs (C(OH)–C–C–N with tert-alkyl or cyclic N) is 1. The Morgan fingerprint density at radius 2 is 2.05 bits per heavy atom. The molecule has 1 aliphatic heterocycles. The molecule has 0 saturated carbocycles. The number of aliphatic hydroxyl groups is 1. The van der Waals surface area contributed by atoms with Gasteiger partial charge in [-0.2, -0.15) is 0 Å². The van der Waals surface area contributed by atoms with Gasteiger partial charge in [0.1, 0.15) is 12.1 Å². The Balaban J connectivity index is 1.94. The predicted molar refractivity (Wildman–Crippen MR) is 74.5 cm³/mol. The summed E-state index contributed by atoms with van der Waals surface area (Å²) < 4.78 is 5.50. The predicted octanol–water partition coefficient (Wildman–Crippen LogP) is 0.638. The van der Waals surface area contributed by atoms with E-state index in [9.17, 15) is 14.7 Å². The minimum atomic E-state index is -1.10. The van der Waals surface area contributed by atoms with E-state index in [-0.39, 0.29) is 19.6 Å². The number of rotatable bonds is 5. The van der Waals surface area contributed by atoms with Crippen LogP contribution in [-0.4, -0.2) is 51.8 Å². The van der Waals surface area contributed by atoms with E-state index in [0.29, 0.717) is 0 Å². The van der Waals surface area contributed by atoms with Gasteiger partial charge in [-0.05, 0) is 12.5 Å². The van der Waals surface area contributed by atoms with Crippen molar-refractivity contribution in [2.75, 3.05) is 6.54 Å². The van der Waals surface area contributed by atoms with Crippen molar-refractivity contribution >= 4 is 11.9 Å². The van der Waals surface area contributed by atoms with E-state index in [2.05, 4.69) is 0 Å². The molecule has 1 saturated heterocycles. The zero-order valence-electron chi connectivity index (χ0n) is 11.8. The van der Waals surface area contributed by atoms with Crippen molar-refractivity contribution in [2.45, 2.75) is 38.2 Å². The molecular weight excluding hydrogens is 274 g/mol. The molecule has 1 heterocycles. The van der Waals surface area contributed by atoms with Crippen molar-refractivity contribution in [1.29, 1.82) is 0 Å². The van der Waals surface area contributed by atoms with Crippen LogP contribution in [0, 0.1) is 0 Å². The number of benzene rings is 1. The second-order valence-electron chi connectivity index (χ2n) is 5.17. The van der Waals surface area contributed by atoms with Gasteiger partial charge in [0.25, 0.3) is 5.91 Å². The summed E-state index contributed by atoms with van der Waals surface area (Å²) in [5, 5.41) is 18.7. The lowest BCUT2D eigenvalue weighted by molar-refractivity contribution is -0.153. The molecule has 1 amide bonds. The van der Waals surface area contributed by atoms with Crippen molar-refractivity contribution < 1.29 is 24.5 Å². The Labute approximate surface area is 122 Å². The average molecular weight is 293 g/mol. The first-order valence-corrected chi connectivity index (χ1v) is 6.86. The Hall–Kier alpha value is -1.92. The van der Waals surface area contributed by atoms with Crippen LogP contribution in [0.15, 0.2) is 30.3 Å². The molecule has 2 N–H and O–H groups in total. The van der Waals surface area contributed by atoms with E-state index in [1.165, 1.54) is 4.90 Å². The first-order valence-electron chi connectivity index (χ1n) is 6.86. The van der Waals surface area contributed by atoms with Crippen LogP contribution in [0.2, 0.25) is 0 Å². The monoisotopic (exact) mass is 293 g/mol. The first-order chi connectivity index (χ1) is 9.99. The molecule has 0 radical (unpaired) electrons. The first kappa shape index (κ1) is 15.5. The van der Waals surface area contributed by atoms with Crippen LogP contribution >= 0.6 is 0 Å². The summed E-state index contributed by atoms with van der Waals surface area (Å²) >= 11 is 0. The maximum Gasteiger partial charge on any atom is 0.326 e. The van der Waals surface area contributed by atoms with Crippen LogP contribution in [0.25, 0.3) is 0 Å². The molecule has 21 heavy (non-hydrogen) atoms. The highest BCUT2D eigenvalue weighted by atomic mass is 16.5. The summed E-state index contributed by atoms with van der Waals surface area (Å²) in [4.78, 5) is 24.6. The molecular formula is C15H19NO5. The molecule has 0 bridgehead atoms. The highest BCUT2D eigenvalue weighted by Gasteiger charge is 2.40. The van der Waals surface area contributed by atoms with Gasteiger partial charge in [0.2, 0.25) is 0 Å². The topological polar surface area (TPSA) is 87.1 Å². The van der Waals surface area contributed by atoms with E-state index >= 15 is 0 Å². The minimum Gasteiger partial charge on any atom is -0.480 e. The van der Waals surface area contributed by atoms with Crippen LogP contribution in [-0.2, 0) is 20.9 Å². The number of carbonyl (C=O) groups is 2. The third kappa shape index (κ3) is 3.80. The lowest BCUT2D eigenvalue weighted by Crippen LogP contribution is -2.45. The molecule has 1 aromatic carbocycles. The van der Waals surface area contributed by atoms with E-state index in [1.54, 1.807) is 6.92 Å². The van der Waals surface area contributed by atoms with Gasteiger partial charge in [0.05, 0.1) is 12.7 Å². The van der Waals surface area contributed by atoms with E-state index in [4.69, 9.17) is 9.84 Å². The third-order valence-corrected chi connectivity index (χ3v) is 3.54. The standard InChI is InChI=1S/C15H19NO5/c1-10(21-9-11-5-3-2-4-6-11)14(18)16-8-12(17)7-13(16)15(19)20/h2-6,10,12-13,17H,7-9H2,1H3,(H,19,20)/t10?,12-,13+/m1/s1. The SMILES string of the molecule is CC(OCc1ccccc1)C(=O)N1C[C@H](O)C[C@H]1C(=O)O. The number of hydrogen-bond donors (Lipinski definition) is 2. The third-order valence-electron chi connectivity index (χ3n) is 3.54. The zero-order chi connectivity index (χ0) is 15.4. The van der Waals surface area contributed by atoms with Gasteiger partial charge in [0.15, 0.2) is 0 Å². The van der Waals surface area contributed by atoms with Crippen molar-refractivity contribution in [3.8, 4) is 0 Å². The van der Waals surface area contributed by atoms with Crippen LogP contribution < -0.4 is 0 Å².